The van der Waals surface area contributed by atoms with Gasteiger partial charge in [-0.3, -0.25) is 0 Å². The number of hydrogen-bond acceptors (Lipinski definition) is 6. The third-order valence-corrected chi connectivity index (χ3v) is 4.90. The van der Waals surface area contributed by atoms with Crippen molar-refractivity contribution in [1.29, 1.82) is 0 Å². The first kappa shape index (κ1) is 18.0. The fourth-order valence-corrected chi connectivity index (χ4v) is 3.42. The van der Waals surface area contributed by atoms with Crippen LogP contribution in [0.2, 0.25) is 0 Å². The summed E-state index contributed by atoms with van der Waals surface area (Å²) >= 11 is 1.42. The Labute approximate surface area is 166 Å². The molecule has 138 valence electrons. The van der Waals surface area contributed by atoms with Crippen LogP contribution >= 0.6 is 11.8 Å². The zero-order chi connectivity index (χ0) is 19.2. The van der Waals surface area contributed by atoms with Crippen LogP contribution in [0.4, 0.5) is 0 Å². The average Bonchev–Trinajstić information content (AvgIpc) is 3.23. The lowest BCUT2D eigenvalue weighted by molar-refractivity contribution is 0.0462. The number of carbonyl (C=O) groups is 1. The third kappa shape index (κ3) is 4.29. The fourth-order valence-electron chi connectivity index (χ4n) is 2.53. The Hall–Kier alpha value is -3.38. The maximum absolute atomic E-state index is 12.6. The van der Waals surface area contributed by atoms with Crippen LogP contribution in [0, 0.1) is 0 Å². The minimum atomic E-state index is -0.448. The normalized spacial score (nSPS) is 10.6. The Bertz CT molecular complexity index is 1070. The highest BCUT2D eigenvalue weighted by Gasteiger charge is 2.16. The number of hydrogen-bond donors (Lipinski definition) is 0. The summed E-state index contributed by atoms with van der Waals surface area (Å²) in [7, 11) is 0. The number of benzene rings is 2. The molecule has 4 rings (SSSR count). The predicted octanol–water partition coefficient (Wildman–Crippen LogP) is 5.24. The second-order valence-corrected chi connectivity index (χ2v) is 6.92. The summed E-state index contributed by atoms with van der Waals surface area (Å²) < 4.78 is 10.9. The predicted molar refractivity (Wildman–Crippen MR) is 106 cm³/mol. The number of pyridine rings is 1. The van der Waals surface area contributed by atoms with Gasteiger partial charge >= 0.3 is 5.97 Å². The van der Waals surface area contributed by atoms with Crippen molar-refractivity contribution in [2.24, 2.45) is 0 Å². The third-order valence-electron chi connectivity index (χ3n) is 3.87. The standard InChI is InChI=1S/C22H16N2O3S/c25-22(19-12-7-13-23-21(19)28-18-10-5-2-6-11-18)27-15-17-14-26-20(24-17)16-8-3-1-4-9-16/h1-14H,15H2. The summed E-state index contributed by atoms with van der Waals surface area (Å²) in [6.45, 7) is 0.0273. The molecule has 0 aliphatic rings. The van der Waals surface area contributed by atoms with E-state index in [0.29, 0.717) is 22.2 Å². The van der Waals surface area contributed by atoms with E-state index in [4.69, 9.17) is 9.15 Å². The molecule has 0 saturated carbocycles. The summed E-state index contributed by atoms with van der Waals surface area (Å²) in [6, 6.07) is 22.7. The zero-order valence-electron chi connectivity index (χ0n) is 14.8. The zero-order valence-corrected chi connectivity index (χ0v) is 15.6. The highest BCUT2D eigenvalue weighted by atomic mass is 32.2. The minimum Gasteiger partial charge on any atom is -0.455 e. The van der Waals surface area contributed by atoms with E-state index in [0.717, 1.165) is 10.5 Å². The highest BCUT2D eigenvalue weighted by Crippen LogP contribution is 2.29. The van der Waals surface area contributed by atoms with E-state index in [9.17, 15) is 4.79 Å². The van der Waals surface area contributed by atoms with Crippen LogP contribution in [0.3, 0.4) is 0 Å². The summed E-state index contributed by atoms with van der Waals surface area (Å²) in [5, 5.41) is 0.601. The van der Waals surface area contributed by atoms with E-state index in [1.165, 1.54) is 18.0 Å². The van der Waals surface area contributed by atoms with Crippen molar-refractivity contribution in [3.05, 3.63) is 96.5 Å². The second kappa shape index (κ2) is 8.54. The minimum absolute atomic E-state index is 0.0273. The van der Waals surface area contributed by atoms with Gasteiger partial charge in [-0.2, -0.15) is 0 Å². The Morgan fingerprint density at radius 3 is 2.50 bits per heavy atom. The SMILES string of the molecule is O=C(OCc1coc(-c2ccccc2)n1)c1cccnc1Sc1ccccc1. The van der Waals surface area contributed by atoms with Gasteiger partial charge in [0, 0.05) is 16.7 Å². The van der Waals surface area contributed by atoms with Gasteiger partial charge in [0.15, 0.2) is 0 Å². The van der Waals surface area contributed by atoms with Crippen LogP contribution in [-0.2, 0) is 11.3 Å². The van der Waals surface area contributed by atoms with Gasteiger partial charge in [-0.15, -0.1) is 0 Å². The Kier molecular flexibility index (Phi) is 5.49. The number of carbonyl (C=O) groups excluding carboxylic acids is 1. The Morgan fingerprint density at radius 1 is 0.964 bits per heavy atom. The van der Waals surface area contributed by atoms with Crippen LogP contribution in [0.25, 0.3) is 11.5 Å². The molecule has 2 heterocycles. The maximum atomic E-state index is 12.6. The molecular weight excluding hydrogens is 372 g/mol. The van der Waals surface area contributed by atoms with Crippen molar-refractivity contribution in [1.82, 2.24) is 9.97 Å². The summed E-state index contributed by atoms with van der Waals surface area (Å²) in [4.78, 5) is 22.3. The average molecular weight is 388 g/mol. The molecule has 0 unspecified atom stereocenters. The van der Waals surface area contributed by atoms with Gasteiger partial charge in [0.2, 0.25) is 5.89 Å². The van der Waals surface area contributed by atoms with E-state index in [-0.39, 0.29) is 6.61 Å². The van der Waals surface area contributed by atoms with E-state index in [1.807, 2.05) is 60.7 Å². The Balaban J connectivity index is 1.44. The first-order valence-electron chi connectivity index (χ1n) is 8.64. The van der Waals surface area contributed by atoms with Gasteiger partial charge in [0.05, 0.1) is 5.56 Å². The van der Waals surface area contributed by atoms with Gasteiger partial charge in [-0.05, 0) is 36.4 Å². The molecule has 6 heteroatoms. The lowest BCUT2D eigenvalue weighted by Crippen LogP contribution is -2.07. The van der Waals surface area contributed by atoms with Crippen LogP contribution in [0.5, 0.6) is 0 Å². The van der Waals surface area contributed by atoms with E-state index in [1.54, 1.807) is 18.3 Å². The van der Waals surface area contributed by atoms with Crippen molar-refractivity contribution >= 4 is 17.7 Å². The smallest absolute Gasteiger partial charge is 0.341 e. The number of esters is 1. The molecule has 0 radical (unpaired) electrons. The van der Waals surface area contributed by atoms with E-state index >= 15 is 0 Å². The molecule has 0 saturated heterocycles. The van der Waals surface area contributed by atoms with Crippen LogP contribution in [0.1, 0.15) is 16.1 Å². The van der Waals surface area contributed by atoms with Gasteiger partial charge < -0.3 is 9.15 Å². The van der Waals surface area contributed by atoms with Crippen molar-refractivity contribution in [3.8, 4) is 11.5 Å². The van der Waals surface area contributed by atoms with Crippen molar-refractivity contribution < 1.29 is 13.9 Å². The first-order valence-corrected chi connectivity index (χ1v) is 9.46. The van der Waals surface area contributed by atoms with Gasteiger partial charge in [0.1, 0.15) is 23.6 Å². The van der Waals surface area contributed by atoms with E-state index in [2.05, 4.69) is 9.97 Å². The molecule has 2 aromatic carbocycles. The fraction of sp³-hybridized carbons (Fsp3) is 0.0455. The molecule has 0 aliphatic carbocycles. The molecular formula is C22H16N2O3S. The molecule has 2 aromatic heterocycles. The monoisotopic (exact) mass is 388 g/mol. The topological polar surface area (TPSA) is 65.2 Å². The largest absolute Gasteiger partial charge is 0.455 e. The summed E-state index contributed by atoms with van der Waals surface area (Å²) in [6.07, 6.45) is 3.16. The van der Waals surface area contributed by atoms with Crippen LogP contribution in [0.15, 0.2) is 99.6 Å². The molecule has 0 bridgehead atoms. The second-order valence-electron chi connectivity index (χ2n) is 5.86. The van der Waals surface area contributed by atoms with Crippen molar-refractivity contribution in [2.45, 2.75) is 16.5 Å². The lowest BCUT2D eigenvalue weighted by atomic mass is 10.2. The number of oxazole rings is 1. The molecule has 0 spiro atoms. The van der Waals surface area contributed by atoms with Crippen molar-refractivity contribution in [2.75, 3.05) is 0 Å². The molecule has 5 nitrogen and oxygen atoms in total. The molecule has 4 aromatic rings. The molecule has 0 N–H and O–H groups in total. The first-order chi connectivity index (χ1) is 13.8. The molecule has 0 fully saturated rings. The molecule has 28 heavy (non-hydrogen) atoms. The number of nitrogens with zero attached hydrogens (tertiary/aromatic N) is 2. The molecule has 0 atom stereocenters. The van der Waals surface area contributed by atoms with Gasteiger partial charge in [0.25, 0.3) is 0 Å². The number of rotatable bonds is 6. The number of aromatic nitrogens is 2. The van der Waals surface area contributed by atoms with Crippen LogP contribution in [-0.4, -0.2) is 15.9 Å². The maximum Gasteiger partial charge on any atom is 0.341 e. The molecule has 0 aliphatic heterocycles. The highest BCUT2D eigenvalue weighted by molar-refractivity contribution is 7.99. The van der Waals surface area contributed by atoms with E-state index < -0.39 is 5.97 Å². The van der Waals surface area contributed by atoms with Crippen molar-refractivity contribution in [3.63, 3.8) is 0 Å². The molecule has 0 amide bonds. The van der Waals surface area contributed by atoms with Gasteiger partial charge in [-0.1, -0.05) is 48.2 Å². The Morgan fingerprint density at radius 2 is 1.71 bits per heavy atom. The summed E-state index contributed by atoms with van der Waals surface area (Å²) in [5.74, 6) is 0.0455. The lowest BCUT2D eigenvalue weighted by Gasteiger charge is -2.07. The van der Waals surface area contributed by atoms with Gasteiger partial charge in [-0.25, -0.2) is 14.8 Å². The number of ether oxygens (including phenoxy) is 1. The van der Waals surface area contributed by atoms with Crippen LogP contribution < -0.4 is 0 Å². The summed E-state index contributed by atoms with van der Waals surface area (Å²) in [5.41, 5.74) is 1.84. The quantitative estimate of drug-likeness (QED) is 0.421.